The Morgan fingerprint density at radius 3 is 2.60 bits per heavy atom. The van der Waals surface area contributed by atoms with Crippen molar-refractivity contribution in [3.8, 4) is 11.5 Å². The van der Waals surface area contributed by atoms with Gasteiger partial charge >= 0.3 is 0 Å². The first-order chi connectivity index (χ1) is 11.7. The third-order valence-corrected chi connectivity index (χ3v) is 7.58. The quantitative estimate of drug-likeness (QED) is 0.358. The molecule has 2 heterocycles. The molecule has 0 aromatic carbocycles. The topological polar surface area (TPSA) is 71.1 Å². The molecule has 1 aromatic rings. The van der Waals surface area contributed by atoms with E-state index in [1.54, 1.807) is 6.92 Å². The van der Waals surface area contributed by atoms with Crippen LogP contribution in [0.4, 0.5) is 0 Å². The van der Waals surface area contributed by atoms with E-state index in [1.165, 1.54) is 11.3 Å². The fraction of sp³-hybridized carbons (Fsp3) is 0.733. The second-order valence-electron chi connectivity index (χ2n) is 6.20. The lowest BCUT2D eigenvalue weighted by Gasteiger charge is -2.25. The van der Waals surface area contributed by atoms with Crippen LogP contribution in [0.25, 0.3) is 0 Å². The molecule has 25 heavy (non-hydrogen) atoms. The molecule has 0 amide bonds. The number of hydrogen-bond acceptors (Lipinski definition) is 7. The Kier molecular flexibility index (Phi) is 8.03. The molecule has 2 rings (SSSR count). The number of halogens is 2. The summed E-state index contributed by atoms with van der Waals surface area (Å²) in [5, 5.41) is -0.608. The van der Waals surface area contributed by atoms with Gasteiger partial charge in [-0.15, -0.1) is 11.3 Å². The molecule has 2 atom stereocenters. The number of ether oxygens (including phenoxy) is 3. The van der Waals surface area contributed by atoms with Crippen molar-refractivity contribution in [1.82, 2.24) is 0 Å². The van der Waals surface area contributed by atoms with E-state index in [4.69, 9.17) is 18.4 Å². The summed E-state index contributed by atoms with van der Waals surface area (Å²) >= 11 is 8.36. The molecule has 6 nitrogen and oxygen atoms in total. The highest BCUT2D eigenvalue weighted by molar-refractivity contribution is 9.12. The molecule has 10 heteroatoms. The smallest absolute Gasteiger partial charge is 0.270 e. The summed E-state index contributed by atoms with van der Waals surface area (Å²) in [7, 11) is -3.55. The first kappa shape index (κ1) is 21.4. The van der Waals surface area contributed by atoms with Gasteiger partial charge in [-0.25, -0.2) is 0 Å². The van der Waals surface area contributed by atoms with Crippen LogP contribution in [0.5, 0.6) is 11.5 Å². The number of rotatable bonds is 9. The average molecular weight is 522 g/mol. The van der Waals surface area contributed by atoms with Gasteiger partial charge in [0.15, 0.2) is 17.6 Å². The number of thiophene rings is 1. The Morgan fingerprint density at radius 1 is 1.24 bits per heavy atom. The second-order valence-corrected chi connectivity index (χ2v) is 11.9. The van der Waals surface area contributed by atoms with E-state index in [-0.39, 0.29) is 18.6 Å². The minimum atomic E-state index is -3.55. The Morgan fingerprint density at radius 2 is 1.92 bits per heavy atom. The van der Waals surface area contributed by atoms with E-state index < -0.39 is 15.4 Å². The molecule has 0 saturated carbocycles. The van der Waals surface area contributed by atoms with Gasteiger partial charge in [0.1, 0.15) is 14.2 Å². The van der Waals surface area contributed by atoms with Crippen molar-refractivity contribution >= 4 is 53.3 Å². The van der Waals surface area contributed by atoms with Gasteiger partial charge in [-0.05, 0) is 51.1 Å². The molecule has 0 spiro atoms. The van der Waals surface area contributed by atoms with Gasteiger partial charge < -0.3 is 14.2 Å². The minimum absolute atomic E-state index is 0.169. The third-order valence-electron chi connectivity index (χ3n) is 3.47. The molecule has 144 valence electrons. The van der Waals surface area contributed by atoms with Crippen LogP contribution >= 0.6 is 43.2 Å². The first-order valence-electron chi connectivity index (χ1n) is 7.94. The summed E-state index contributed by atoms with van der Waals surface area (Å²) in [4.78, 5) is 0. The van der Waals surface area contributed by atoms with E-state index in [1.807, 2.05) is 13.8 Å². The molecule has 1 aliphatic heterocycles. The zero-order chi connectivity index (χ0) is 18.6. The van der Waals surface area contributed by atoms with Crippen LogP contribution in [0, 0.1) is 5.92 Å². The highest BCUT2D eigenvalue weighted by Crippen LogP contribution is 2.50. The summed E-state index contributed by atoms with van der Waals surface area (Å²) in [6, 6.07) is 0. The molecular weight excluding hydrogens is 500 g/mol. The lowest BCUT2D eigenvalue weighted by Crippen LogP contribution is -2.33. The zero-order valence-electron chi connectivity index (χ0n) is 14.3. The first-order valence-corrected chi connectivity index (χ1v) is 11.8. The van der Waals surface area contributed by atoms with E-state index in [9.17, 15) is 8.42 Å². The van der Waals surface area contributed by atoms with Crippen LogP contribution < -0.4 is 9.47 Å². The predicted molar refractivity (Wildman–Crippen MR) is 104 cm³/mol. The molecule has 0 bridgehead atoms. The second kappa shape index (κ2) is 9.36. The zero-order valence-corrected chi connectivity index (χ0v) is 19.1. The maximum Gasteiger partial charge on any atom is 0.270 e. The molecule has 2 unspecified atom stereocenters. The summed E-state index contributed by atoms with van der Waals surface area (Å²) in [5.41, 5.74) is 0. The maximum absolute atomic E-state index is 12.0. The lowest BCUT2D eigenvalue weighted by molar-refractivity contribution is 0.00804. The molecular formula is C15H22Br2O6S2. The summed E-state index contributed by atoms with van der Waals surface area (Å²) < 4.78 is 47.8. The number of hydrogen-bond donors (Lipinski definition) is 0. The van der Waals surface area contributed by atoms with Crippen molar-refractivity contribution in [3.05, 3.63) is 7.57 Å². The molecule has 0 aliphatic carbocycles. The fourth-order valence-electron chi connectivity index (χ4n) is 1.99. The molecule has 0 saturated heterocycles. The molecule has 0 N–H and O–H groups in total. The SMILES string of the molecule is CC(C)COS(=O)(=O)C(C)CCOCC1COc2c(Br)sc(Br)c2O1. The Balaban J connectivity index is 1.72. The maximum atomic E-state index is 12.0. The largest absolute Gasteiger partial charge is 0.484 e. The van der Waals surface area contributed by atoms with Crippen molar-refractivity contribution in [2.75, 3.05) is 26.4 Å². The van der Waals surface area contributed by atoms with Gasteiger partial charge in [-0.1, -0.05) is 13.8 Å². The van der Waals surface area contributed by atoms with Crippen LogP contribution in [-0.2, 0) is 19.0 Å². The van der Waals surface area contributed by atoms with Crippen LogP contribution in [0.1, 0.15) is 27.2 Å². The van der Waals surface area contributed by atoms with Crippen LogP contribution in [0.15, 0.2) is 7.57 Å². The summed E-state index contributed by atoms with van der Waals surface area (Å²) in [6.45, 7) is 6.68. The van der Waals surface area contributed by atoms with Crippen LogP contribution in [0.3, 0.4) is 0 Å². The van der Waals surface area contributed by atoms with Crippen LogP contribution in [0.2, 0.25) is 0 Å². The van der Waals surface area contributed by atoms with Crippen molar-refractivity contribution in [2.45, 2.75) is 38.5 Å². The molecule has 0 fully saturated rings. The van der Waals surface area contributed by atoms with E-state index in [2.05, 4.69) is 31.9 Å². The van der Waals surface area contributed by atoms with Gasteiger partial charge in [0.2, 0.25) is 0 Å². The van der Waals surface area contributed by atoms with Gasteiger partial charge in [0.25, 0.3) is 10.1 Å². The highest BCUT2D eigenvalue weighted by Gasteiger charge is 2.28. The Bertz CT molecular complexity index is 674. The highest BCUT2D eigenvalue weighted by atomic mass is 79.9. The van der Waals surface area contributed by atoms with Gasteiger partial charge in [-0.3, -0.25) is 4.18 Å². The predicted octanol–water partition coefficient (Wildman–Crippen LogP) is 4.21. The molecule has 0 radical (unpaired) electrons. The third kappa shape index (κ3) is 6.07. The lowest BCUT2D eigenvalue weighted by atomic mass is 10.2. The molecule has 1 aliphatic rings. The average Bonchev–Trinajstić information content (AvgIpc) is 2.83. The van der Waals surface area contributed by atoms with Crippen molar-refractivity contribution in [2.24, 2.45) is 5.92 Å². The Labute approximate surface area is 169 Å². The van der Waals surface area contributed by atoms with Crippen LogP contribution in [-0.4, -0.2) is 46.2 Å². The van der Waals surface area contributed by atoms with Crippen molar-refractivity contribution in [1.29, 1.82) is 0 Å². The van der Waals surface area contributed by atoms with E-state index >= 15 is 0 Å². The van der Waals surface area contributed by atoms with Gasteiger partial charge in [0.05, 0.1) is 18.5 Å². The molecule has 1 aromatic heterocycles. The summed E-state index contributed by atoms with van der Waals surface area (Å²) in [6.07, 6.45) is 0.141. The number of fused-ring (bicyclic) bond motifs is 1. The standard InChI is InChI=1S/C15H22Br2O6S2/c1-9(2)6-22-25(18,19)10(3)4-5-20-7-11-8-21-12-13(23-11)15(17)24-14(12)16/h9-11H,4-8H2,1-3H3. The van der Waals surface area contributed by atoms with Gasteiger partial charge in [-0.2, -0.15) is 8.42 Å². The summed E-state index contributed by atoms with van der Waals surface area (Å²) in [5.74, 6) is 1.55. The van der Waals surface area contributed by atoms with Gasteiger partial charge in [0, 0.05) is 6.61 Å². The normalized spacial score (nSPS) is 18.6. The van der Waals surface area contributed by atoms with E-state index in [0.29, 0.717) is 37.7 Å². The fourth-order valence-corrected chi connectivity index (χ4v) is 5.89. The minimum Gasteiger partial charge on any atom is -0.484 e. The Hall–Kier alpha value is 0.130. The van der Waals surface area contributed by atoms with Crippen molar-refractivity contribution in [3.63, 3.8) is 0 Å². The monoisotopic (exact) mass is 520 g/mol. The van der Waals surface area contributed by atoms with E-state index in [0.717, 1.165) is 7.57 Å². The van der Waals surface area contributed by atoms with Crippen molar-refractivity contribution < 1.29 is 26.8 Å².